The number of nitrogen functional groups attached to an aromatic ring is 1. The summed E-state index contributed by atoms with van der Waals surface area (Å²) in [5.74, 6) is 0.294. The molecule has 6 heteroatoms. The number of benzene rings is 1. The van der Waals surface area contributed by atoms with E-state index in [1.54, 1.807) is 36.8 Å². The molecule has 0 bridgehead atoms. The van der Waals surface area contributed by atoms with Gasteiger partial charge in [0.25, 0.3) is 5.91 Å². The zero-order chi connectivity index (χ0) is 12.8. The Balaban J connectivity index is 1.77. The van der Waals surface area contributed by atoms with Crippen LogP contribution in [-0.4, -0.2) is 22.5 Å². The minimum atomic E-state index is -0.215. The zero-order valence-corrected chi connectivity index (χ0v) is 9.72. The van der Waals surface area contributed by atoms with Crippen molar-refractivity contribution >= 4 is 11.6 Å². The van der Waals surface area contributed by atoms with E-state index in [1.165, 1.54) is 0 Å². The van der Waals surface area contributed by atoms with Gasteiger partial charge in [-0.05, 0) is 12.1 Å². The minimum absolute atomic E-state index is 0.0671. The number of nitrogens with one attached hydrogen (secondary N) is 2. The van der Waals surface area contributed by atoms with E-state index in [0.29, 0.717) is 18.0 Å². The highest BCUT2D eigenvalue weighted by Crippen LogP contribution is 2.19. The van der Waals surface area contributed by atoms with Gasteiger partial charge < -0.3 is 20.8 Å². The summed E-state index contributed by atoms with van der Waals surface area (Å²) in [6.07, 6.45) is 3.21. The van der Waals surface area contributed by atoms with Crippen molar-refractivity contribution < 1.29 is 9.53 Å². The second kappa shape index (κ2) is 5.72. The fourth-order valence-electron chi connectivity index (χ4n) is 1.38. The standard InChI is InChI=1S/C12H14N4O2/c13-10-3-1-2-4-11(10)18-7-12(17)15-6-9-5-14-8-16-9/h1-5,8H,6-7,13H2,(H,14,16)(H,15,17). The summed E-state index contributed by atoms with van der Waals surface area (Å²) >= 11 is 0. The number of para-hydroxylation sites is 2. The Morgan fingerprint density at radius 3 is 3.00 bits per heavy atom. The van der Waals surface area contributed by atoms with Gasteiger partial charge in [0.2, 0.25) is 0 Å². The van der Waals surface area contributed by atoms with Crippen LogP contribution in [0.3, 0.4) is 0 Å². The summed E-state index contributed by atoms with van der Waals surface area (Å²) < 4.78 is 5.31. The van der Waals surface area contributed by atoms with Gasteiger partial charge in [-0.1, -0.05) is 12.1 Å². The van der Waals surface area contributed by atoms with Crippen LogP contribution in [0.4, 0.5) is 5.69 Å². The van der Waals surface area contributed by atoms with Crippen molar-refractivity contribution in [1.29, 1.82) is 0 Å². The molecular formula is C12H14N4O2. The number of nitrogens with two attached hydrogens (primary N) is 1. The van der Waals surface area contributed by atoms with Crippen molar-refractivity contribution in [2.45, 2.75) is 6.54 Å². The predicted molar refractivity (Wildman–Crippen MR) is 66.8 cm³/mol. The van der Waals surface area contributed by atoms with Crippen LogP contribution in [0.2, 0.25) is 0 Å². The molecule has 0 spiro atoms. The smallest absolute Gasteiger partial charge is 0.258 e. The summed E-state index contributed by atoms with van der Waals surface area (Å²) in [6.45, 7) is 0.328. The molecule has 4 N–H and O–H groups in total. The molecule has 0 fully saturated rings. The average Bonchev–Trinajstić information content (AvgIpc) is 2.88. The molecule has 18 heavy (non-hydrogen) atoms. The van der Waals surface area contributed by atoms with E-state index in [4.69, 9.17) is 10.5 Å². The summed E-state index contributed by atoms with van der Waals surface area (Å²) in [4.78, 5) is 18.3. The summed E-state index contributed by atoms with van der Waals surface area (Å²) in [6, 6.07) is 7.05. The fraction of sp³-hybridized carbons (Fsp3) is 0.167. The lowest BCUT2D eigenvalue weighted by Gasteiger charge is -2.08. The van der Waals surface area contributed by atoms with E-state index >= 15 is 0 Å². The molecule has 6 nitrogen and oxygen atoms in total. The third-order valence-electron chi connectivity index (χ3n) is 2.31. The molecule has 0 saturated carbocycles. The van der Waals surface area contributed by atoms with Crippen LogP contribution in [0.1, 0.15) is 5.69 Å². The van der Waals surface area contributed by atoms with Crippen LogP contribution >= 0.6 is 0 Å². The SMILES string of the molecule is Nc1ccccc1OCC(=O)NCc1cnc[nH]1. The van der Waals surface area contributed by atoms with Gasteiger partial charge in [-0.2, -0.15) is 0 Å². The molecule has 0 aliphatic rings. The first-order chi connectivity index (χ1) is 8.75. The van der Waals surface area contributed by atoms with E-state index in [1.807, 2.05) is 0 Å². The van der Waals surface area contributed by atoms with Crippen LogP contribution in [0.15, 0.2) is 36.8 Å². The maximum absolute atomic E-state index is 11.5. The largest absolute Gasteiger partial charge is 0.482 e. The fourth-order valence-corrected chi connectivity index (χ4v) is 1.38. The highest BCUT2D eigenvalue weighted by molar-refractivity contribution is 5.77. The maximum atomic E-state index is 11.5. The Labute approximate surface area is 104 Å². The van der Waals surface area contributed by atoms with E-state index in [9.17, 15) is 4.79 Å². The van der Waals surface area contributed by atoms with Gasteiger partial charge in [0, 0.05) is 6.20 Å². The monoisotopic (exact) mass is 246 g/mol. The number of carbonyl (C=O) groups excluding carboxylic acids is 1. The number of H-pyrrole nitrogens is 1. The Bertz CT molecular complexity index is 511. The first-order valence-electron chi connectivity index (χ1n) is 5.47. The third kappa shape index (κ3) is 3.24. The van der Waals surface area contributed by atoms with Crippen molar-refractivity contribution in [3.05, 3.63) is 42.5 Å². The molecule has 0 aliphatic carbocycles. The number of imidazole rings is 1. The van der Waals surface area contributed by atoms with Gasteiger partial charge in [-0.25, -0.2) is 4.98 Å². The average molecular weight is 246 g/mol. The van der Waals surface area contributed by atoms with Crippen molar-refractivity contribution in [2.24, 2.45) is 0 Å². The third-order valence-corrected chi connectivity index (χ3v) is 2.31. The summed E-state index contributed by atoms with van der Waals surface area (Å²) in [5.41, 5.74) is 7.04. The molecule has 1 heterocycles. The normalized spacial score (nSPS) is 10.0. The first-order valence-corrected chi connectivity index (χ1v) is 5.47. The molecule has 0 saturated heterocycles. The van der Waals surface area contributed by atoms with Crippen LogP contribution < -0.4 is 15.8 Å². The maximum Gasteiger partial charge on any atom is 0.258 e. The zero-order valence-electron chi connectivity index (χ0n) is 9.72. The molecule has 94 valence electrons. The van der Waals surface area contributed by atoms with Gasteiger partial charge in [-0.3, -0.25) is 4.79 Å². The van der Waals surface area contributed by atoms with Gasteiger partial charge in [-0.15, -0.1) is 0 Å². The number of aromatic amines is 1. The van der Waals surface area contributed by atoms with Crippen LogP contribution in [-0.2, 0) is 11.3 Å². The molecule has 1 aromatic heterocycles. The van der Waals surface area contributed by atoms with Crippen LogP contribution in [0.25, 0.3) is 0 Å². The molecule has 2 aromatic rings. The molecule has 0 aliphatic heterocycles. The predicted octanol–water partition coefficient (Wildman–Crippen LogP) is 0.687. The molecule has 2 rings (SSSR count). The molecule has 1 aromatic carbocycles. The summed E-state index contributed by atoms with van der Waals surface area (Å²) in [7, 11) is 0. The van der Waals surface area contributed by atoms with Crippen molar-refractivity contribution in [3.63, 3.8) is 0 Å². The second-order valence-electron chi connectivity index (χ2n) is 3.68. The Morgan fingerprint density at radius 1 is 1.44 bits per heavy atom. The molecule has 0 radical (unpaired) electrons. The molecular weight excluding hydrogens is 232 g/mol. The minimum Gasteiger partial charge on any atom is -0.482 e. The highest BCUT2D eigenvalue weighted by atomic mass is 16.5. The topological polar surface area (TPSA) is 93.0 Å². The number of rotatable bonds is 5. The molecule has 0 atom stereocenters. The van der Waals surface area contributed by atoms with Crippen molar-refractivity contribution in [3.8, 4) is 5.75 Å². The number of nitrogens with zero attached hydrogens (tertiary/aromatic N) is 1. The van der Waals surface area contributed by atoms with Crippen LogP contribution in [0.5, 0.6) is 5.75 Å². The summed E-state index contributed by atoms with van der Waals surface area (Å²) in [5, 5.41) is 2.70. The van der Waals surface area contributed by atoms with E-state index < -0.39 is 0 Å². The van der Waals surface area contributed by atoms with Crippen molar-refractivity contribution in [2.75, 3.05) is 12.3 Å². The van der Waals surface area contributed by atoms with E-state index in [0.717, 1.165) is 5.69 Å². The van der Waals surface area contributed by atoms with Crippen molar-refractivity contribution in [1.82, 2.24) is 15.3 Å². The lowest BCUT2D eigenvalue weighted by atomic mass is 10.3. The van der Waals surface area contributed by atoms with Gasteiger partial charge in [0.05, 0.1) is 24.3 Å². The molecule has 0 unspecified atom stereocenters. The quantitative estimate of drug-likeness (QED) is 0.676. The van der Waals surface area contributed by atoms with E-state index in [2.05, 4.69) is 15.3 Å². The number of aromatic nitrogens is 2. The highest BCUT2D eigenvalue weighted by Gasteiger charge is 2.04. The first kappa shape index (κ1) is 12.0. The van der Waals surface area contributed by atoms with Gasteiger partial charge in [0.1, 0.15) is 5.75 Å². The lowest BCUT2D eigenvalue weighted by molar-refractivity contribution is -0.123. The number of amides is 1. The van der Waals surface area contributed by atoms with Gasteiger partial charge in [0.15, 0.2) is 6.61 Å². The second-order valence-corrected chi connectivity index (χ2v) is 3.68. The Hall–Kier alpha value is -2.50. The number of anilines is 1. The Kier molecular flexibility index (Phi) is 3.80. The van der Waals surface area contributed by atoms with Crippen LogP contribution in [0, 0.1) is 0 Å². The number of hydrogen-bond donors (Lipinski definition) is 3. The number of carbonyl (C=O) groups is 1. The lowest BCUT2D eigenvalue weighted by Crippen LogP contribution is -2.28. The number of ether oxygens (including phenoxy) is 1. The molecule has 1 amide bonds. The van der Waals surface area contributed by atoms with E-state index in [-0.39, 0.29) is 12.5 Å². The Morgan fingerprint density at radius 2 is 2.28 bits per heavy atom. The van der Waals surface area contributed by atoms with Gasteiger partial charge >= 0.3 is 0 Å². The number of hydrogen-bond acceptors (Lipinski definition) is 4.